The fraction of sp³-hybridized carbons (Fsp3) is 0.571. The number of morpholine rings is 1. The Kier molecular flexibility index (Phi) is 4.37. The van der Waals surface area contributed by atoms with Crippen LogP contribution in [0.1, 0.15) is 30.6 Å². The molecule has 1 aromatic rings. The summed E-state index contributed by atoms with van der Waals surface area (Å²) in [6.45, 7) is 5.33. The molecule has 19 heavy (non-hydrogen) atoms. The molecule has 5 heteroatoms. The minimum Gasteiger partial charge on any atom is -0.386 e. The summed E-state index contributed by atoms with van der Waals surface area (Å²) < 4.78 is 5.63. The van der Waals surface area contributed by atoms with Crippen molar-refractivity contribution in [3.8, 4) is 0 Å². The number of carbonyl (C=O) groups is 1. The predicted molar refractivity (Wildman–Crippen MR) is 74.3 cm³/mol. The number of nitrogens with one attached hydrogen (secondary N) is 1. The molecular weight excluding hydrogens is 242 g/mol. The molecule has 1 aliphatic heterocycles. The summed E-state index contributed by atoms with van der Waals surface area (Å²) in [4.78, 5) is 18.7. The third-order valence-corrected chi connectivity index (χ3v) is 3.52. The smallest absolute Gasteiger partial charge is 0.256 e. The van der Waals surface area contributed by atoms with Crippen LogP contribution in [0.5, 0.6) is 0 Å². The Morgan fingerprint density at radius 3 is 3.11 bits per heavy atom. The second-order valence-corrected chi connectivity index (χ2v) is 4.83. The lowest BCUT2D eigenvalue weighted by Crippen LogP contribution is -2.51. The van der Waals surface area contributed by atoms with E-state index in [1.165, 1.54) is 0 Å². The van der Waals surface area contributed by atoms with Crippen LogP contribution in [0.15, 0.2) is 18.5 Å². The van der Waals surface area contributed by atoms with Gasteiger partial charge in [0.25, 0.3) is 5.91 Å². The molecule has 1 aromatic heterocycles. The van der Waals surface area contributed by atoms with Gasteiger partial charge in [0.15, 0.2) is 0 Å². The molecule has 2 atom stereocenters. The van der Waals surface area contributed by atoms with Crippen LogP contribution in [-0.2, 0) is 4.74 Å². The van der Waals surface area contributed by atoms with Crippen molar-refractivity contribution in [1.29, 1.82) is 0 Å². The highest BCUT2D eigenvalue weighted by Crippen LogP contribution is 2.21. The molecule has 5 nitrogen and oxygen atoms in total. The van der Waals surface area contributed by atoms with Crippen molar-refractivity contribution in [3.05, 3.63) is 24.0 Å². The summed E-state index contributed by atoms with van der Waals surface area (Å²) in [6, 6.07) is 1.92. The van der Waals surface area contributed by atoms with Gasteiger partial charge in [-0.25, -0.2) is 0 Å². The van der Waals surface area contributed by atoms with E-state index >= 15 is 0 Å². The zero-order valence-corrected chi connectivity index (χ0v) is 11.7. The summed E-state index contributed by atoms with van der Waals surface area (Å²) in [5.41, 5.74) is 1.44. The number of pyridine rings is 1. The number of hydrogen-bond donors (Lipinski definition) is 1. The van der Waals surface area contributed by atoms with Gasteiger partial charge < -0.3 is 15.0 Å². The Bertz CT molecular complexity index is 450. The SMILES string of the molecule is CCC1COC(C)CN1C(=O)c1ccncc1NC. The highest BCUT2D eigenvalue weighted by Gasteiger charge is 2.30. The molecule has 2 unspecified atom stereocenters. The van der Waals surface area contributed by atoms with Crippen LogP contribution < -0.4 is 5.32 Å². The average Bonchev–Trinajstić information content (AvgIpc) is 2.46. The van der Waals surface area contributed by atoms with Crippen molar-refractivity contribution in [2.75, 3.05) is 25.5 Å². The molecule has 1 fully saturated rings. The second-order valence-electron chi connectivity index (χ2n) is 4.83. The number of hydrogen-bond acceptors (Lipinski definition) is 4. The average molecular weight is 263 g/mol. The molecule has 0 spiro atoms. The van der Waals surface area contributed by atoms with Crippen molar-refractivity contribution in [2.45, 2.75) is 32.4 Å². The summed E-state index contributed by atoms with van der Waals surface area (Å²) in [6.07, 6.45) is 4.32. The molecule has 104 valence electrons. The van der Waals surface area contributed by atoms with Gasteiger partial charge in [0.2, 0.25) is 0 Å². The fourth-order valence-electron chi connectivity index (χ4n) is 2.37. The molecule has 0 saturated carbocycles. The van der Waals surface area contributed by atoms with Gasteiger partial charge in [-0.3, -0.25) is 9.78 Å². The highest BCUT2D eigenvalue weighted by atomic mass is 16.5. The molecule has 2 rings (SSSR count). The minimum absolute atomic E-state index is 0.0498. The van der Waals surface area contributed by atoms with Gasteiger partial charge in [-0.1, -0.05) is 6.92 Å². The molecule has 0 aromatic carbocycles. The number of aromatic nitrogens is 1. The summed E-state index contributed by atoms with van der Waals surface area (Å²) in [7, 11) is 1.80. The maximum absolute atomic E-state index is 12.7. The third kappa shape index (κ3) is 2.87. The monoisotopic (exact) mass is 263 g/mol. The molecule has 2 heterocycles. The Labute approximate surface area is 114 Å². The van der Waals surface area contributed by atoms with Crippen molar-refractivity contribution < 1.29 is 9.53 Å². The molecular formula is C14H21N3O2. The molecule has 0 aliphatic carbocycles. The van der Waals surface area contributed by atoms with E-state index in [2.05, 4.69) is 17.2 Å². The van der Waals surface area contributed by atoms with Crippen molar-refractivity contribution in [3.63, 3.8) is 0 Å². The van der Waals surface area contributed by atoms with Gasteiger partial charge in [0.1, 0.15) is 0 Å². The topological polar surface area (TPSA) is 54.5 Å². The number of carbonyl (C=O) groups excluding carboxylic acids is 1. The molecule has 1 N–H and O–H groups in total. The number of rotatable bonds is 3. The van der Waals surface area contributed by atoms with Gasteiger partial charge in [0, 0.05) is 19.8 Å². The zero-order chi connectivity index (χ0) is 13.8. The van der Waals surface area contributed by atoms with E-state index in [4.69, 9.17) is 4.74 Å². The first-order valence-electron chi connectivity index (χ1n) is 6.71. The summed E-state index contributed by atoms with van der Waals surface area (Å²) in [5, 5.41) is 3.02. The summed E-state index contributed by atoms with van der Waals surface area (Å²) >= 11 is 0. The minimum atomic E-state index is 0.0498. The van der Waals surface area contributed by atoms with Crippen LogP contribution in [0.4, 0.5) is 5.69 Å². The number of nitrogens with zero attached hydrogens (tertiary/aromatic N) is 2. The lowest BCUT2D eigenvalue weighted by molar-refractivity contribution is -0.0443. The predicted octanol–water partition coefficient (Wildman–Crippen LogP) is 1.76. The molecule has 0 radical (unpaired) electrons. The Balaban J connectivity index is 2.26. The van der Waals surface area contributed by atoms with Crippen molar-refractivity contribution in [1.82, 2.24) is 9.88 Å². The van der Waals surface area contributed by atoms with Crippen LogP contribution in [-0.4, -0.2) is 48.1 Å². The van der Waals surface area contributed by atoms with Crippen LogP contribution >= 0.6 is 0 Å². The zero-order valence-electron chi connectivity index (χ0n) is 11.7. The third-order valence-electron chi connectivity index (χ3n) is 3.52. The summed E-state index contributed by atoms with van der Waals surface area (Å²) in [5.74, 6) is 0.0498. The maximum atomic E-state index is 12.7. The first-order valence-corrected chi connectivity index (χ1v) is 6.71. The number of amides is 1. The first-order chi connectivity index (χ1) is 9.17. The van der Waals surface area contributed by atoms with Gasteiger partial charge >= 0.3 is 0 Å². The molecule has 0 bridgehead atoms. The first kappa shape index (κ1) is 13.8. The quantitative estimate of drug-likeness (QED) is 0.903. The van der Waals surface area contributed by atoms with Gasteiger partial charge in [-0.15, -0.1) is 0 Å². The van der Waals surface area contributed by atoms with Crippen molar-refractivity contribution in [2.24, 2.45) is 0 Å². The number of anilines is 1. The normalized spacial score (nSPS) is 23.2. The van der Waals surface area contributed by atoms with Crippen LogP contribution in [0, 0.1) is 0 Å². The molecule has 1 amide bonds. The van der Waals surface area contributed by atoms with E-state index in [-0.39, 0.29) is 18.1 Å². The van der Waals surface area contributed by atoms with Gasteiger partial charge in [0.05, 0.1) is 36.2 Å². The van der Waals surface area contributed by atoms with E-state index in [1.54, 1.807) is 25.5 Å². The Morgan fingerprint density at radius 1 is 1.63 bits per heavy atom. The molecule has 1 aliphatic rings. The van der Waals surface area contributed by atoms with E-state index in [0.717, 1.165) is 12.1 Å². The largest absolute Gasteiger partial charge is 0.386 e. The maximum Gasteiger partial charge on any atom is 0.256 e. The number of ether oxygens (including phenoxy) is 1. The van der Waals surface area contributed by atoms with Crippen LogP contribution in [0.3, 0.4) is 0 Å². The lowest BCUT2D eigenvalue weighted by atomic mass is 10.1. The van der Waals surface area contributed by atoms with Gasteiger partial charge in [-0.2, -0.15) is 0 Å². The van der Waals surface area contributed by atoms with Crippen molar-refractivity contribution >= 4 is 11.6 Å². The van der Waals surface area contributed by atoms with Crippen LogP contribution in [0.2, 0.25) is 0 Å². The fourth-order valence-corrected chi connectivity index (χ4v) is 2.37. The Morgan fingerprint density at radius 2 is 2.42 bits per heavy atom. The van der Waals surface area contributed by atoms with E-state index in [0.29, 0.717) is 18.7 Å². The van der Waals surface area contributed by atoms with E-state index in [9.17, 15) is 4.79 Å². The lowest BCUT2D eigenvalue weighted by Gasteiger charge is -2.38. The standard InChI is InChI=1S/C14H21N3O2/c1-4-11-9-19-10(2)8-17(11)14(18)12-5-6-16-7-13(12)15-3/h5-7,10-11,15H,4,8-9H2,1-3H3. The van der Waals surface area contributed by atoms with E-state index < -0.39 is 0 Å². The Hall–Kier alpha value is -1.62. The van der Waals surface area contributed by atoms with Gasteiger partial charge in [-0.05, 0) is 19.4 Å². The highest BCUT2D eigenvalue weighted by molar-refractivity contribution is 5.99. The molecule has 1 saturated heterocycles. The van der Waals surface area contributed by atoms with Crippen LogP contribution in [0.25, 0.3) is 0 Å². The van der Waals surface area contributed by atoms with E-state index in [1.807, 2.05) is 11.8 Å². The second kappa shape index (κ2) is 6.02.